The fourth-order valence-electron chi connectivity index (χ4n) is 4.35. The van der Waals surface area contributed by atoms with E-state index in [1.165, 1.54) is 23.1 Å². The first-order chi connectivity index (χ1) is 17.8. The summed E-state index contributed by atoms with van der Waals surface area (Å²) in [6.45, 7) is -0.165. The first kappa shape index (κ1) is 24.7. The Kier molecular flexibility index (Phi) is 6.82. The Bertz CT molecular complexity index is 1570. The van der Waals surface area contributed by atoms with Crippen LogP contribution in [0.1, 0.15) is 27.5 Å². The highest BCUT2D eigenvalue weighted by molar-refractivity contribution is 9.10. The number of sulfonamides is 1. The number of para-hydroxylation sites is 1. The fourth-order valence-corrected chi connectivity index (χ4v) is 5.66. The molecule has 0 aliphatic carbocycles. The van der Waals surface area contributed by atoms with Gasteiger partial charge in [-0.3, -0.25) is 14.3 Å². The Labute approximate surface area is 223 Å². The van der Waals surface area contributed by atoms with E-state index in [0.29, 0.717) is 5.69 Å². The minimum absolute atomic E-state index is 0.0948. The summed E-state index contributed by atoms with van der Waals surface area (Å²) in [4.78, 5) is 28.3. The van der Waals surface area contributed by atoms with E-state index in [-0.39, 0.29) is 28.6 Å². The summed E-state index contributed by atoms with van der Waals surface area (Å²) in [6, 6.07) is 28.9. The molecule has 37 heavy (non-hydrogen) atoms. The maximum atomic E-state index is 13.9. The largest absolute Gasteiger partial charge is 0.324 e. The minimum Gasteiger partial charge on any atom is -0.324 e. The Morgan fingerprint density at radius 3 is 2.35 bits per heavy atom. The number of rotatable bonds is 5. The third kappa shape index (κ3) is 5.28. The van der Waals surface area contributed by atoms with Gasteiger partial charge in [0.25, 0.3) is 15.9 Å². The van der Waals surface area contributed by atoms with Crippen LogP contribution >= 0.6 is 15.9 Å². The Morgan fingerprint density at radius 2 is 1.59 bits per heavy atom. The number of carbonyl (C=O) groups excluding carboxylic acids is 2. The minimum atomic E-state index is -3.87. The second-order valence-corrected chi connectivity index (χ2v) is 11.1. The number of amides is 2. The molecule has 1 unspecified atom stereocenters. The number of fused-ring (bicyclic) bond motifs is 1. The zero-order valence-corrected chi connectivity index (χ0v) is 21.9. The zero-order valence-electron chi connectivity index (χ0n) is 19.5. The predicted octanol–water partition coefficient (Wildman–Crippen LogP) is 5.43. The van der Waals surface area contributed by atoms with E-state index in [1.54, 1.807) is 30.3 Å². The van der Waals surface area contributed by atoms with Gasteiger partial charge in [0.2, 0.25) is 5.91 Å². The molecule has 1 aliphatic heterocycles. The van der Waals surface area contributed by atoms with Gasteiger partial charge in [0.05, 0.1) is 10.9 Å². The van der Waals surface area contributed by atoms with Crippen molar-refractivity contribution in [2.75, 3.05) is 16.6 Å². The number of halogens is 1. The molecular formula is C28H22BrN3O4S. The third-order valence-electron chi connectivity index (χ3n) is 6.02. The summed E-state index contributed by atoms with van der Waals surface area (Å²) < 4.78 is 29.1. The first-order valence-corrected chi connectivity index (χ1v) is 13.7. The van der Waals surface area contributed by atoms with Crippen LogP contribution in [-0.4, -0.2) is 31.7 Å². The topological polar surface area (TPSA) is 95.6 Å². The number of nitrogens with zero attached hydrogens (tertiary/aromatic N) is 1. The van der Waals surface area contributed by atoms with E-state index in [2.05, 4.69) is 26.0 Å². The SMILES string of the molecule is O=C1CN(C(=O)c2cccc(NS(=O)(=O)c3ccc(Br)cc3)c2)C(c2ccccc2)c2ccccc2N1. The predicted molar refractivity (Wildman–Crippen MR) is 146 cm³/mol. The second-order valence-electron chi connectivity index (χ2n) is 8.52. The van der Waals surface area contributed by atoms with Gasteiger partial charge in [0.1, 0.15) is 6.54 Å². The molecule has 0 aromatic heterocycles. The van der Waals surface area contributed by atoms with Gasteiger partial charge in [-0.2, -0.15) is 0 Å². The maximum absolute atomic E-state index is 13.9. The van der Waals surface area contributed by atoms with E-state index >= 15 is 0 Å². The van der Waals surface area contributed by atoms with Crippen molar-refractivity contribution in [3.63, 3.8) is 0 Å². The van der Waals surface area contributed by atoms with E-state index in [1.807, 2.05) is 54.6 Å². The van der Waals surface area contributed by atoms with Crippen molar-refractivity contribution in [3.05, 3.63) is 124 Å². The lowest BCUT2D eigenvalue weighted by molar-refractivity contribution is -0.117. The average molecular weight is 576 g/mol. The summed E-state index contributed by atoms with van der Waals surface area (Å²) in [5, 5.41) is 2.90. The maximum Gasteiger partial charge on any atom is 0.261 e. The van der Waals surface area contributed by atoms with Crippen LogP contribution in [0.5, 0.6) is 0 Å². The molecule has 4 aromatic rings. The van der Waals surface area contributed by atoms with Crippen LogP contribution in [0.2, 0.25) is 0 Å². The molecule has 5 rings (SSSR count). The van der Waals surface area contributed by atoms with Gasteiger partial charge in [0, 0.05) is 27.0 Å². The number of hydrogen-bond acceptors (Lipinski definition) is 4. The number of anilines is 2. The van der Waals surface area contributed by atoms with Crippen molar-refractivity contribution in [1.29, 1.82) is 0 Å². The molecule has 2 amide bonds. The molecule has 1 atom stereocenters. The third-order valence-corrected chi connectivity index (χ3v) is 7.94. The summed E-state index contributed by atoms with van der Waals surface area (Å²) in [7, 11) is -3.87. The van der Waals surface area contributed by atoms with E-state index in [0.717, 1.165) is 15.6 Å². The van der Waals surface area contributed by atoms with Crippen LogP contribution in [0.25, 0.3) is 0 Å². The monoisotopic (exact) mass is 575 g/mol. The molecule has 9 heteroatoms. The molecule has 0 radical (unpaired) electrons. The molecule has 0 saturated carbocycles. The standard InChI is InChI=1S/C28H22BrN3O4S/c29-21-13-15-23(16-14-21)37(35,36)31-22-10-6-9-20(17-22)28(34)32-18-26(33)30-25-12-5-4-11-24(25)27(32)19-7-2-1-3-8-19/h1-17,27,31H,18H2,(H,30,33). The molecule has 4 aromatic carbocycles. The van der Waals surface area contributed by atoms with E-state index < -0.39 is 22.0 Å². The highest BCUT2D eigenvalue weighted by Gasteiger charge is 2.33. The van der Waals surface area contributed by atoms with Crippen molar-refractivity contribution in [2.24, 2.45) is 0 Å². The highest BCUT2D eigenvalue weighted by Crippen LogP contribution is 2.36. The summed E-state index contributed by atoms with van der Waals surface area (Å²) >= 11 is 3.30. The zero-order chi connectivity index (χ0) is 26.0. The highest BCUT2D eigenvalue weighted by atomic mass is 79.9. The molecule has 0 saturated heterocycles. The van der Waals surface area contributed by atoms with Gasteiger partial charge in [-0.05, 0) is 54.1 Å². The Hall–Kier alpha value is -3.95. The van der Waals surface area contributed by atoms with Gasteiger partial charge >= 0.3 is 0 Å². The summed E-state index contributed by atoms with van der Waals surface area (Å²) in [5.74, 6) is -0.711. The van der Waals surface area contributed by atoms with Gasteiger partial charge < -0.3 is 10.2 Å². The molecular weight excluding hydrogens is 554 g/mol. The average Bonchev–Trinajstić information content (AvgIpc) is 3.04. The van der Waals surface area contributed by atoms with Crippen LogP contribution in [-0.2, 0) is 14.8 Å². The smallest absolute Gasteiger partial charge is 0.261 e. The van der Waals surface area contributed by atoms with Crippen molar-refractivity contribution in [1.82, 2.24) is 4.90 Å². The van der Waals surface area contributed by atoms with Crippen molar-refractivity contribution < 1.29 is 18.0 Å². The fraction of sp³-hybridized carbons (Fsp3) is 0.0714. The van der Waals surface area contributed by atoms with Crippen LogP contribution in [0.4, 0.5) is 11.4 Å². The number of hydrogen-bond donors (Lipinski definition) is 2. The van der Waals surface area contributed by atoms with Gasteiger partial charge in [0.15, 0.2) is 0 Å². The number of benzene rings is 4. The van der Waals surface area contributed by atoms with Gasteiger partial charge in [-0.25, -0.2) is 8.42 Å². The summed E-state index contributed by atoms with van der Waals surface area (Å²) in [6.07, 6.45) is 0. The first-order valence-electron chi connectivity index (χ1n) is 11.4. The van der Waals surface area contributed by atoms with Crippen LogP contribution in [0.15, 0.2) is 112 Å². The van der Waals surface area contributed by atoms with Gasteiger partial charge in [-0.1, -0.05) is 70.5 Å². The van der Waals surface area contributed by atoms with Crippen molar-refractivity contribution in [3.8, 4) is 0 Å². The molecule has 0 bridgehead atoms. The van der Waals surface area contributed by atoms with Crippen LogP contribution in [0, 0.1) is 0 Å². The van der Waals surface area contributed by atoms with Gasteiger partial charge in [-0.15, -0.1) is 0 Å². The van der Waals surface area contributed by atoms with E-state index in [9.17, 15) is 18.0 Å². The van der Waals surface area contributed by atoms with Crippen molar-refractivity contribution in [2.45, 2.75) is 10.9 Å². The number of nitrogens with one attached hydrogen (secondary N) is 2. The molecule has 186 valence electrons. The second kappa shape index (κ2) is 10.2. The molecule has 2 N–H and O–H groups in total. The quantitative estimate of drug-likeness (QED) is 0.331. The van der Waals surface area contributed by atoms with Crippen LogP contribution < -0.4 is 10.0 Å². The lowest BCUT2D eigenvalue weighted by atomic mass is 9.95. The Balaban J connectivity index is 1.51. The molecule has 1 aliphatic rings. The summed E-state index contributed by atoms with van der Waals surface area (Å²) in [5.41, 5.74) is 2.79. The normalized spacial score (nSPS) is 15.3. The lowest BCUT2D eigenvalue weighted by Gasteiger charge is -2.30. The van der Waals surface area contributed by atoms with Crippen LogP contribution in [0.3, 0.4) is 0 Å². The lowest BCUT2D eigenvalue weighted by Crippen LogP contribution is -2.39. The Morgan fingerprint density at radius 1 is 0.892 bits per heavy atom. The molecule has 1 heterocycles. The van der Waals surface area contributed by atoms with Crippen molar-refractivity contribution >= 4 is 49.1 Å². The van der Waals surface area contributed by atoms with E-state index in [4.69, 9.17) is 0 Å². The molecule has 0 fully saturated rings. The molecule has 0 spiro atoms. The molecule has 7 nitrogen and oxygen atoms in total. The number of carbonyl (C=O) groups is 2.